The first kappa shape index (κ1) is 20.2. The molecule has 2 aliphatic rings. The summed E-state index contributed by atoms with van der Waals surface area (Å²) in [5.74, 6) is 2.58. The van der Waals surface area contributed by atoms with Crippen LogP contribution in [0.25, 0.3) is 0 Å². The molecular weight excluding hydrogens is 362 g/mol. The number of methoxy groups -OCH3 is 1. The number of piperidine rings is 1. The minimum atomic E-state index is -0.232. The van der Waals surface area contributed by atoms with E-state index in [0.717, 1.165) is 49.4 Å². The number of rotatable bonds is 6. The summed E-state index contributed by atoms with van der Waals surface area (Å²) < 4.78 is 11.8. The third-order valence-corrected chi connectivity index (χ3v) is 6.38. The van der Waals surface area contributed by atoms with Crippen LogP contribution in [-0.4, -0.2) is 36.3 Å². The largest absolute Gasteiger partial charge is 0.493 e. The molecule has 2 aliphatic heterocycles. The Morgan fingerprint density at radius 2 is 1.93 bits per heavy atom. The zero-order chi connectivity index (χ0) is 20.4. The Bertz CT molecular complexity index is 820. The van der Waals surface area contributed by atoms with Crippen molar-refractivity contribution in [1.82, 2.24) is 4.90 Å². The highest BCUT2D eigenvalue weighted by molar-refractivity contribution is 5.49. The van der Waals surface area contributed by atoms with Crippen LogP contribution in [0.2, 0.25) is 0 Å². The molecule has 2 aromatic rings. The Kier molecular flexibility index (Phi) is 6.12. The molecule has 0 bridgehead atoms. The molecule has 1 fully saturated rings. The summed E-state index contributed by atoms with van der Waals surface area (Å²) in [5.41, 5.74) is 3.76. The van der Waals surface area contributed by atoms with Gasteiger partial charge in [0.15, 0.2) is 11.5 Å². The van der Waals surface area contributed by atoms with Crippen molar-refractivity contribution >= 4 is 0 Å². The molecule has 4 nitrogen and oxygen atoms in total. The lowest BCUT2D eigenvalue weighted by atomic mass is 9.79. The van der Waals surface area contributed by atoms with Crippen LogP contribution in [0.5, 0.6) is 11.5 Å². The summed E-state index contributed by atoms with van der Waals surface area (Å²) in [6, 6.07) is 14.8. The monoisotopic (exact) mass is 395 g/mol. The zero-order valence-corrected chi connectivity index (χ0v) is 17.8. The topological polar surface area (TPSA) is 41.9 Å². The highest BCUT2D eigenvalue weighted by Crippen LogP contribution is 2.43. The molecule has 4 rings (SSSR count). The number of nitrogens with zero attached hydrogens (tertiary/aromatic N) is 1. The predicted octanol–water partition coefficient (Wildman–Crippen LogP) is 4.60. The average Bonchev–Trinajstić information content (AvgIpc) is 2.72. The van der Waals surface area contributed by atoms with Crippen molar-refractivity contribution in [3.63, 3.8) is 0 Å². The van der Waals surface area contributed by atoms with Crippen LogP contribution in [0.4, 0.5) is 0 Å². The van der Waals surface area contributed by atoms with E-state index < -0.39 is 0 Å². The summed E-state index contributed by atoms with van der Waals surface area (Å²) in [4.78, 5) is 2.56. The maximum Gasteiger partial charge on any atom is 0.161 e. The van der Waals surface area contributed by atoms with Crippen molar-refractivity contribution in [2.24, 2.45) is 11.8 Å². The van der Waals surface area contributed by atoms with Crippen LogP contribution >= 0.6 is 0 Å². The van der Waals surface area contributed by atoms with Gasteiger partial charge in [-0.3, -0.25) is 4.90 Å². The number of aliphatic hydroxyl groups excluding tert-OH is 1. The quantitative estimate of drug-likeness (QED) is 0.776. The van der Waals surface area contributed by atoms with E-state index in [9.17, 15) is 5.11 Å². The van der Waals surface area contributed by atoms with Crippen LogP contribution < -0.4 is 9.47 Å². The van der Waals surface area contributed by atoms with Gasteiger partial charge in [0.2, 0.25) is 0 Å². The molecule has 0 saturated carbocycles. The van der Waals surface area contributed by atoms with Gasteiger partial charge in [0.05, 0.1) is 13.2 Å². The molecular formula is C25H33NO3. The van der Waals surface area contributed by atoms with Gasteiger partial charge in [-0.2, -0.15) is 0 Å². The molecule has 156 valence electrons. The molecule has 3 atom stereocenters. The molecule has 1 N–H and O–H groups in total. The molecule has 0 spiro atoms. The maximum atomic E-state index is 10.8. The van der Waals surface area contributed by atoms with Crippen molar-refractivity contribution in [2.45, 2.75) is 51.9 Å². The van der Waals surface area contributed by atoms with E-state index in [1.54, 1.807) is 7.11 Å². The Labute approximate surface area is 174 Å². The van der Waals surface area contributed by atoms with Crippen LogP contribution in [0.3, 0.4) is 0 Å². The van der Waals surface area contributed by atoms with Crippen LogP contribution in [0.1, 0.15) is 49.4 Å². The van der Waals surface area contributed by atoms with Crippen molar-refractivity contribution in [3.05, 3.63) is 59.2 Å². The number of benzene rings is 2. The Morgan fingerprint density at radius 3 is 2.66 bits per heavy atom. The SMILES string of the molecule is COc1cc2c(cc1OCc1ccccc1)CCN1C[C@H](CC(C)C)[C@H](O)C[C@@H]21. The van der Waals surface area contributed by atoms with E-state index >= 15 is 0 Å². The number of hydrogen-bond donors (Lipinski definition) is 1. The Balaban J connectivity index is 1.54. The first-order valence-corrected chi connectivity index (χ1v) is 10.8. The molecule has 0 amide bonds. The van der Waals surface area contributed by atoms with E-state index in [2.05, 4.69) is 43.0 Å². The highest BCUT2D eigenvalue weighted by Gasteiger charge is 2.38. The molecule has 1 saturated heterocycles. The zero-order valence-electron chi connectivity index (χ0n) is 17.8. The van der Waals surface area contributed by atoms with E-state index in [1.807, 2.05) is 18.2 Å². The minimum absolute atomic E-state index is 0.232. The smallest absolute Gasteiger partial charge is 0.161 e. The molecule has 4 heteroatoms. The summed E-state index contributed by atoms with van der Waals surface area (Å²) in [7, 11) is 1.70. The van der Waals surface area contributed by atoms with Gasteiger partial charge in [-0.05, 0) is 59.9 Å². The van der Waals surface area contributed by atoms with Crippen LogP contribution in [0, 0.1) is 11.8 Å². The summed E-state index contributed by atoms with van der Waals surface area (Å²) in [6.07, 6.45) is 2.68. The van der Waals surface area contributed by atoms with Gasteiger partial charge >= 0.3 is 0 Å². The lowest BCUT2D eigenvalue weighted by Crippen LogP contribution is -2.48. The molecule has 0 aromatic heterocycles. The Hall–Kier alpha value is -2.04. The molecule has 2 heterocycles. The number of aliphatic hydroxyl groups is 1. The lowest BCUT2D eigenvalue weighted by Gasteiger charge is -2.46. The van der Waals surface area contributed by atoms with Gasteiger partial charge in [0.1, 0.15) is 6.61 Å². The van der Waals surface area contributed by atoms with Crippen molar-refractivity contribution < 1.29 is 14.6 Å². The van der Waals surface area contributed by atoms with Crippen molar-refractivity contribution in [1.29, 1.82) is 0 Å². The second-order valence-electron chi connectivity index (χ2n) is 8.93. The van der Waals surface area contributed by atoms with Crippen LogP contribution in [-0.2, 0) is 13.0 Å². The second kappa shape index (κ2) is 8.76. The number of hydrogen-bond acceptors (Lipinski definition) is 4. The summed E-state index contributed by atoms with van der Waals surface area (Å²) in [6.45, 7) is 7.04. The predicted molar refractivity (Wildman–Crippen MR) is 115 cm³/mol. The first-order valence-electron chi connectivity index (χ1n) is 10.8. The maximum absolute atomic E-state index is 10.8. The van der Waals surface area contributed by atoms with Crippen molar-refractivity contribution in [2.75, 3.05) is 20.2 Å². The van der Waals surface area contributed by atoms with Crippen molar-refractivity contribution in [3.8, 4) is 11.5 Å². The third kappa shape index (κ3) is 4.44. The van der Waals surface area contributed by atoms with Gasteiger partial charge in [0.25, 0.3) is 0 Å². The third-order valence-electron chi connectivity index (χ3n) is 6.38. The van der Waals surface area contributed by atoms with Gasteiger partial charge in [-0.1, -0.05) is 44.2 Å². The molecule has 2 aromatic carbocycles. The van der Waals surface area contributed by atoms with Gasteiger partial charge in [-0.25, -0.2) is 0 Å². The minimum Gasteiger partial charge on any atom is -0.493 e. The first-order chi connectivity index (χ1) is 14.0. The van der Waals surface area contributed by atoms with E-state index in [-0.39, 0.29) is 12.1 Å². The normalized spacial score (nSPS) is 24.1. The average molecular weight is 396 g/mol. The highest BCUT2D eigenvalue weighted by atomic mass is 16.5. The summed E-state index contributed by atoms with van der Waals surface area (Å²) >= 11 is 0. The molecule has 0 aliphatic carbocycles. The van der Waals surface area contributed by atoms with Gasteiger partial charge < -0.3 is 14.6 Å². The van der Waals surface area contributed by atoms with Gasteiger partial charge in [-0.15, -0.1) is 0 Å². The summed E-state index contributed by atoms with van der Waals surface area (Å²) in [5, 5.41) is 10.8. The number of fused-ring (bicyclic) bond motifs is 3. The van der Waals surface area contributed by atoms with Gasteiger partial charge in [0, 0.05) is 19.1 Å². The van der Waals surface area contributed by atoms with E-state index in [4.69, 9.17) is 9.47 Å². The molecule has 0 unspecified atom stereocenters. The number of ether oxygens (including phenoxy) is 2. The molecule has 29 heavy (non-hydrogen) atoms. The van der Waals surface area contributed by atoms with E-state index in [1.165, 1.54) is 11.1 Å². The second-order valence-corrected chi connectivity index (χ2v) is 8.93. The van der Waals surface area contributed by atoms with Crippen LogP contribution in [0.15, 0.2) is 42.5 Å². The lowest BCUT2D eigenvalue weighted by molar-refractivity contribution is -0.0191. The molecule has 0 radical (unpaired) electrons. The fourth-order valence-electron chi connectivity index (χ4n) is 4.94. The standard InChI is InChI=1S/C25H33NO3/c1-17(2)11-20-15-26-10-9-19-12-25(29-16-18-7-5-4-6-8-18)24(28-3)13-21(19)22(26)14-23(20)27/h4-8,12-13,17,20,22-23,27H,9-11,14-16H2,1-3H3/t20-,22-,23+/m0/s1. The Morgan fingerprint density at radius 1 is 1.14 bits per heavy atom. The van der Waals surface area contributed by atoms with E-state index in [0.29, 0.717) is 18.4 Å². The fourth-order valence-corrected chi connectivity index (χ4v) is 4.94. The fraction of sp³-hybridized carbons (Fsp3) is 0.520.